The number of hydrogen-bond donors (Lipinski definition) is 0. The summed E-state index contributed by atoms with van der Waals surface area (Å²) in [5.74, 6) is 0.424. The van der Waals surface area contributed by atoms with E-state index < -0.39 is 0 Å². The summed E-state index contributed by atoms with van der Waals surface area (Å²) in [5, 5.41) is 0.999. The monoisotopic (exact) mass is 247 g/mol. The van der Waals surface area contributed by atoms with Crippen molar-refractivity contribution in [3.63, 3.8) is 0 Å². The maximum absolute atomic E-state index is 11.7. The molecule has 0 aromatic carbocycles. The molecule has 0 fully saturated rings. The van der Waals surface area contributed by atoms with Crippen molar-refractivity contribution in [2.24, 2.45) is 0 Å². The number of ether oxygens (including phenoxy) is 1. The molecule has 2 aromatic rings. The Morgan fingerprint density at radius 1 is 1.56 bits per heavy atom. The van der Waals surface area contributed by atoms with Crippen molar-refractivity contribution in [2.75, 3.05) is 7.11 Å². The fraction of sp³-hybridized carbons (Fsp3) is 0.462. The summed E-state index contributed by atoms with van der Waals surface area (Å²) in [6.07, 6.45) is 4.65. The van der Waals surface area contributed by atoms with Crippen LogP contribution in [0.4, 0.5) is 0 Å². The number of rotatable bonds is 3. The fourth-order valence-electron chi connectivity index (χ4n) is 2.04. The second-order valence-electron chi connectivity index (χ2n) is 4.27. The molecule has 1 unspecified atom stereocenters. The SMILES string of the molecule is CCc1cn(C(C)C(=O)OC)c2nc(C)ncc12. The molecule has 18 heavy (non-hydrogen) atoms. The lowest BCUT2D eigenvalue weighted by molar-refractivity contribution is -0.143. The summed E-state index contributed by atoms with van der Waals surface area (Å²) >= 11 is 0. The van der Waals surface area contributed by atoms with E-state index in [-0.39, 0.29) is 12.0 Å². The number of nitrogens with zero attached hydrogens (tertiary/aromatic N) is 3. The normalized spacial score (nSPS) is 12.7. The highest BCUT2D eigenvalue weighted by molar-refractivity contribution is 5.83. The topological polar surface area (TPSA) is 57.0 Å². The number of aromatic nitrogens is 3. The van der Waals surface area contributed by atoms with E-state index in [0.29, 0.717) is 5.82 Å². The zero-order chi connectivity index (χ0) is 13.3. The lowest BCUT2D eigenvalue weighted by atomic mass is 10.2. The molecule has 0 aliphatic rings. The first-order valence-electron chi connectivity index (χ1n) is 5.99. The number of carbonyl (C=O) groups excluding carboxylic acids is 1. The number of aryl methyl sites for hydroxylation is 2. The molecule has 0 aliphatic heterocycles. The molecule has 0 amide bonds. The van der Waals surface area contributed by atoms with Gasteiger partial charge in [-0.1, -0.05) is 6.92 Å². The van der Waals surface area contributed by atoms with E-state index in [1.54, 1.807) is 0 Å². The summed E-state index contributed by atoms with van der Waals surface area (Å²) in [6, 6.07) is -0.382. The van der Waals surface area contributed by atoms with E-state index in [4.69, 9.17) is 4.74 Å². The first-order chi connectivity index (χ1) is 8.58. The fourth-order valence-corrected chi connectivity index (χ4v) is 2.04. The van der Waals surface area contributed by atoms with Crippen LogP contribution >= 0.6 is 0 Å². The minimum atomic E-state index is -0.382. The van der Waals surface area contributed by atoms with Gasteiger partial charge in [0.05, 0.1) is 7.11 Å². The average Bonchev–Trinajstić information content (AvgIpc) is 2.74. The van der Waals surface area contributed by atoms with E-state index in [1.807, 2.05) is 30.8 Å². The van der Waals surface area contributed by atoms with Gasteiger partial charge in [-0.3, -0.25) is 0 Å². The van der Waals surface area contributed by atoms with Crippen molar-refractivity contribution in [2.45, 2.75) is 33.2 Å². The van der Waals surface area contributed by atoms with Crippen LogP contribution in [0.15, 0.2) is 12.4 Å². The minimum absolute atomic E-state index is 0.272. The smallest absolute Gasteiger partial charge is 0.328 e. The van der Waals surface area contributed by atoms with Gasteiger partial charge in [0.25, 0.3) is 0 Å². The molecule has 0 saturated carbocycles. The van der Waals surface area contributed by atoms with Crippen LogP contribution in [0.2, 0.25) is 0 Å². The zero-order valence-corrected chi connectivity index (χ0v) is 11.1. The van der Waals surface area contributed by atoms with Crippen molar-refractivity contribution in [1.29, 1.82) is 0 Å². The summed E-state index contributed by atoms with van der Waals surface area (Å²) in [4.78, 5) is 20.3. The molecule has 0 radical (unpaired) electrons. The predicted octanol–water partition coefficient (Wildman–Crippen LogP) is 2.04. The predicted molar refractivity (Wildman–Crippen MR) is 68.4 cm³/mol. The standard InChI is InChI=1S/C13H17N3O2/c1-5-10-7-16(8(2)13(17)18-4)12-11(10)6-14-9(3)15-12/h6-8H,5H2,1-4H3. The number of carbonyl (C=O) groups is 1. The van der Waals surface area contributed by atoms with Crippen molar-refractivity contribution in [1.82, 2.24) is 14.5 Å². The largest absolute Gasteiger partial charge is 0.467 e. The van der Waals surface area contributed by atoms with Gasteiger partial charge >= 0.3 is 5.97 Å². The third-order valence-electron chi connectivity index (χ3n) is 3.11. The van der Waals surface area contributed by atoms with Crippen molar-refractivity contribution in [3.05, 3.63) is 23.8 Å². The summed E-state index contributed by atoms with van der Waals surface area (Å²) in [7, 11) is 1.39. The third-order valence-corrected chi connectivity index (χ3v) is 3.11. The number of fused-ring (bicyclic) bond motifs is 1. The molecule has 0 aliphatic carbocycles. The highest BCUT2D eigenvalue weighted by Crippen LogP contribution is 2.23. The Hall–Kier alpha value is -1.91. The highest BCUT2D eigenvalue weighted by atomic mass is 16.5. The Labute approximate surface area is 106 Å². The number of esters is 1. The van der Waals surface area contributed by atoms with E-state index in [1.165, 1.54) is 7.11 Å². The van der Waals surface area contributed by atoms with Crippen molar-refractivity contribution in [3.8, 4) is 0 Å². The van der Waals surface area contributed by atoms with E-state index >= 15 is 0 Å². The molecule has 1 atom stereocenters. The quantitative estimate of drug-likeness (QED) is 0.779. The molecule has 0 bridgehead atoms. The maximum atomic E-state index is 11.7. The molecule has 0 N–H and O–H groups in total. The van der Waals surface area contributed by atoms with Gasteiger partial charge in [0.2, 0.25) is 0 Å². The molecule has 0 spiro atoms. The first kappa shape index (κ1) is 12.5. The average molecular weight is 247 g/mol. The van der Waals surface area contributed by atoms with E-state index in [2.05, 4.69) is 16.9 Å². The molecule has 2 aromatic heterocycles. The van der Waals surface area contributed by atoms with Gasteiger partial charge in [-0.2, -0.15) is 0 Å². The second kappa shape index (κ2) is 4.76. The second-order valence-corrected chi connectivity index (χ2v) is 4.27. The van der Waals surface area contributed by atoms with Crippen LogP contribution in [0.1, 0.15) is 31.3 Å². The summed E-state index contributed by atoms with van der Waals surface area (Å²) < 4.78 is 6.64. The Bertz CT molecular complexity index is 589. The molecular weight excluding hydrogens is 230 g/mol. The number of hydrogen-bond acceptors (Lipinski definition) is 4. The maximum Gasteiger partial charge on any atom is 0.328 e. The summed E-state index contributed by atoms with van der Waals surface area (Å²) in [6.45, 7) is 5.72. The molecule has 2 heterocycles. The van der Waals surface area contributed by atoms with Crippen molar-refractivity contribution < 1.29 is 9.53 Å². The Balaban J connectivity index is 2.63. The van der Waals surface area contributed by atoms with E-state index in [0.717, 1.165) is 23.0 Å². The van der Waals surface area contributed by atoms with Gasteiger partial charge in [-0.25, -0.2) is 14.8 Å². The molecule has 2 rings (SSSR count). The molecule has 0 saturated heterocycles. The molecule has 5 heteroatoms. The molecular formula is C13H17N3O2. The zero-order valence-electron chi connectivity index (χ0n) is 11.1. The van der Waals surface area contributed by atoms with Crippen LogP contribution < -0.4 is 0 Å². The van der Waals surface area contributed by atoms with Crippen LogP contribution in [0.3, 0.4) is 0 Å². The molecule has 96 valence electrons. The van der Waals surface area contributed by atoms with Gasteiger partial charge < -0.3 is 9.30 Å². The van der Waals surface area contributed by atoms with Crippen LogP contribution in [-0.2, 0) is 16.0 Å². The van der Waals surface area contributed by atoms with Gasteiger partial charge in [0, 0.05) is 17.8 Å². The van der Waals surface area contributed by atoms with Crippen LogP contribution in [0.5, 0.6) is 0 Å². The van der Waals surface area contributed by atoms with E-state index in [9.17, 15) is 4.79 Å². The van der Waals surface area contributed by atoms with Crippen LogP contribution in [-0.4, -0.2) is 27.6 Å². The van der Waals surface area contributed by atoms with Gasteiger partial charge in [0.15, 0.2) is 0 Å². The lowest BCUT2D eigenvalue weighted by Crippen LogP contribution is -2.17. The van der Waals surface area contributed by atoms with Crippen LogP contribution in [0, 0.1) is 6.92 Å². The van der Waals surface area contributed by atoms with Gasteiger partial charge in [-0.05, 0) is 25.8 Å². The first-order valence-corrected chi connectivity index (χ1v) is 5.99. The van der Waals surface area contributed by atoms with Gasteiger partial charge in [0.1, 0.15) is 17.5 Å². The molecule has 5 nitrogen and oxygen atoms in total. The Kier molecular flexibility index (Phi) is 3.32. The highest BCUT2D eigenvalue weighted by Gasteiger charge is 2.19. The van der Waals surface area contributed by atoms with Crippen molar-refractivity contribution >= 4 is 17.0 Å². The summed E-state index contributed by atoms with van der Waals surface area (Å²) in [5.41, 5.74) is 1.93. The van der Waals surface area contributed by atoms with Gasteiger partial charge in [-0.15, -0.1) is 0 Å². The van der Waals surface area contributed by atoms with Crippen LogP contribution in [0.25, 0.3) is 11.0 Å². The number of methoxy groups -OCH3 is 1. The third kappa shape index (κ3) is 1.96. The Morgan fingerprint density at radius 2 is 2.28 bits per heavy atom. The minimum Gasteiger partial charge on any atom is -0.467 e. The lowest BCUT2D eigenvalue weighted by Gasteiger charge is -2.11. The Morgan fingerprint density at radius 3 is 2.89 bits per heavy atom.